The maximum Gasteiger partial charge on any atom is 0.144 e. The first kappa shape index (κ1) is 15.6. The van der Waals surface area contributed by atoms with E-state index in [0.717, 1.165) is 18.0 Å². The van der Waals surface area contributed by atoms with Crippen LogP contribution in [0.1, 0.15) is 27.7 Å². The molecule has 0 fully saturated rings. The lowest BCUT2D eigenvalue weighted by Crippen LogP contribution is -2.24. The molecule has 0 spiro atoms. The summed E-state index contributed by atoms with van der Waals surface area (Å²) >= 11 is 0. The lowest BCUT2D eigenvalue weighted by Gasteiger charge is -2.22. The Morgan fingerprint density at radius 2 is 1.84 bits per heavy atom. The van der Waals surface area contributed by atoms with E-state index in [1.165, 1.54) is 0 Å². The van der Waals surface area contributed by atoms with Gasteiger partial charge in [0, 0.05) is 25.3 Å². The van der Waals surface area contributed by atoms with E-state index in [2.05, 4.69) is 4.90 Å². The van der Waals surface area contributed by atoms with E-state index in [0.29, 0.717) is 12.3 Å². The van der Waals surface area contributed by atoms with Crippen LogP contribution in [-0.4, -0.2) is 32.4 Å². The predicted octanol–water partition coefficient (Wildman–Crippen LogP) is 2.92. The minimum atomic E-state index is 0.118. The topological polar surface area (TPSA) is 47.7 Å². The van der Waals surface area contributed by atoms with Gasteiger partial charge in [0.25, 0.3) is 0 Å². The zero-order valence-electron chi connectivity index (χ0n) is 12.6. The highest BCUT2D eigenvalue weighted by atomic mass is 16.5. The normalized spacial score (nSPS) is 11.1. The third-order valence-corrected chi connectivity index (χ3v) is 2.68. The Morgan fingerprint density at radius 3 is 2.42 bits per heavy atom. The minimum Gasteiger partial charge on any atom is -0.489 e. The Labute approximate surface area is 116 Å². The summed E-state index contributed by atoms with van der Waals surface area (Å²) in [6.45, 7) is 9.61. The van der Waals surface area contributed by atoms with E-state index >= 15 is 0 Å². The third-order valence-electron chi connectivity index (χ3n) is 2.68. The monoisotopic (exact) mass is 266 g/mol. The fraction of sp³-hybridized carbons (Fsp3) is 0.600. The van der Waals surface area contributed by atoms with Crippen molar-refractivity contribution in [3.8, 4) is 5.75 Å². The predicted molar refractivity (Wildman–Crippen MR) is 81.0 cm³/mol. The number of anilines is 2. The van der Waals surface area contributed by atoms with Crippen LogP contribution in [0, 0.1) is 0 Å². The summed E-state index contributed by atoms with van der Waals surface area (Å²) in [6, 6.07) is 5.86. The molecule has 19 heavy (non-hydrogen) atoms. The maximum absolute atomic E-state index is 5.91. The maximum atomic E-state index is 5.91. The van der Waals surface area contributed by atoms with Gasteiger partial charge in [0.05, 0.1) is 24.5 Å². The van der Waals surface area contributed by atoms with Gasteiger partial charge in [0.15, 0.2) is 0 Å². The van der Waals surface area contributed by atoms with Crippen molar-refractivity contribution in [3.63, 3.8) is 0 Å². The van der Waals surface area contributed by atoms with Gasteiger partial charge in [-0.25, -0.2) is 0 Å². The summed E-state index contributed by atoms with van der Waals surface area (Å²) in [7, 11) is 2.04. The van der Waals surface area contributed by atoms with Crippen molar-refractivity contribution in [1.82, 2.24) is 0 Å². The highest BCUT2D eigenvalue weighted by Gasteiger charge is 2.07. The van der Waals surface area contributed by atoms with Crippen LogP contribution in [0.3, 0.4) is 0 Å². The molecule has 0 saturated carbocycles. The van der Waals surface area contributed by atoms with Gasteiger partial charge in [-0.2, -0.15) is 0 Å². The molecule has 0 heterocycles. The van der Waals surface area contributed by atoms with Crippen LogP contribution in [0.15, 0.2) is 18.2 Å². The van der Waals surface area contributed by atoms with Crippen molar-refractivity contribution < 1.29 is 9.47 Å². The first-order valence-electron chi connectivity index (χ1n) is 6.79. The molecule has 0 aromatic heterocycles. The van der Waals surface area contributed by atoms with Crippen LogP contribution in [0.5, 0.6) is 5.75 Å². The molecule has 0 saturated heterocycles. The van der Waals surface area contributed by atoms with Crippen molar-refractivity contribution in [2.75, 3.05) is 30.8 Å². The summed E-state index contributed by atoms with van der Waals surface area (Å²) in [5, 5.41) is 0. The van der Waals surface area contributed by atoms with Gasteiger partial charge in [0.1, 0.15) is 5.75 Å². The molecule has 0 unspecified atom stereocenters. The first-order valence-corrected chi connectivity index (χ1v) is 6.79. The number of nitrogen functional groups attached to an aromatic ring is 1. The minimum absolute atomic E-state index is 0.118. The van der Waals surface area contributed by atoms with Crippen molar-refractivity contribution in [1.29, 1.82) is 0 Å². The van der Waals surface area contributed by atoms with Crippen LogP contribution in [0.25, 0.3) is 0 Å². The number of nitrogens with zero attached hydrogens (tertiary/aromatic N) is 1. The standard InChI is InChI=1S/C15H26N2O2/c1-11(2)18-9-8-17(5)13-6-7-14(16)15(10-13)19-12(3)4/h6-7,10-12H,8-9,16H2,1-5H3. The van der Waals surface area contributed by atoms with Crippen LogP contribution < -0.4 is 15.4 Å². The molecule has 0 atom stereocenters. The SMILES string of the molecule is CC(C)OCCN(C)c1ccc(N)c(OC(C)C)c1. The Bertz CT molecular complexity index is 392. The van der Waals surface area contributed by atoms with Gasteiger partial charge in [0.2, 0.25) is 0 Å². The Kier molecular flexibility index (Phi) is 5.96. The molecule has 0 aliphatic carbocycles. The average Bonchev–Trinajstić information content (AvgIpc) is 2.30. The molecular weight excluding hydrogens is 240 g/mol. The van der Waals surface area contributed by atoms with E-state index < -0.39 is 0 Å². The van der Waals surface area contributed by atoms with Gasteiger partial charge in [-0.3, -0.25) is 0 Å². The third kappa shape index (κ3) is 5.39. The number of benzene rings is 1. The zero-order chi connectivity index (χ0) is 14.4. The molecule has 0 bridgehead atoms. The zero-order valence-corrected chi connectivity index (χ0v) is 12.6. The van der Waals surface area contributed by atoms with Crippen molar-refractivity contribution in [3.05, 3.63) is 18.2 Å². The molecule has 4 heteroatoms. The van der Waals surface area contributed by atoms with Gasteiger partial charge in [-0.1, -0.05) is 0 Å². The number of rotatable bonds is 7. The molecule has 1 rings (SSSR count). The van der Waals surface area contributed by atoms with E-state index in [9.17, 15) is 0 Å². The van der Waals surface area contributed by atoms with Gasteiger partial charge >= 0.3 is 0 Å². The molecule has 108 valence electrons. The first-order chi connectivity index (χ1) is 8.90. The van der Waals surface area contributed by atoms with Crippen LogP contribution in [-0.2, 0) is 4.74 Å². The molecule has 1 aromatic rings. The average molecular weight is 266 g/mol. The summed E-state index contributed by atoms with van der Waals surface area (Å²) in [5.74, 6) is 0.740. The van der Waals surface area contributed by atoms with Crippen LogP contribution >= 0.6 is 0 Å². The number of likely N-dealkylation sites (N-methyl/N-ethyl adjacent to an activating group) is 1. The number of ether oxygens (including phenoxy) is 2. The Balaban J connectivity index is 2.66. The van der Waals surface area contributed by atoms with E-state index in [1.54, 1.807) is 0 Å². The molecule has 0 aliphatic rings. The van der Waals surface area contributed by atoms with Crippen molar-refractivity contribution >= 4 is 11.4 Å². The van der Waals surface area contributed by atoms with Gasteiger partial charge in [-0.05, 0) is 39.8 Å². The second-order valence-corrected chi connectivity index (χ2v) is 5.23. The second-order valence-electron chi connectivity index (χ2n) is 5.23. The van der Waals surface area contributed by atoms with Crippen molar-refractivity contribution in [2.45, 2.75) is 39.9 Å². The molecule has 0 aliphatic heterocycles. The van der Waals surface area contributed by atoms with E-state index in [-0.39, 0.29) is 12.2 Å². The molecular formula is C15H26N2O2. The number of hydrogen-bond acceptors (Lipinski definition) is 4. The highest BCUT2D eigenvalue weighted by Crippen LogP contribution is 2.28. The highest BCUT2D eigenvalue weighted by molar-refractivity contribution is 5.62. The molecule has 1 aromatic carbocycles. The van der Waals surface area contributed by atoms with Gasteiger partial charge < -0.3 is 20.1 Å². The summed E-state index contributed by atoms with van der Waals surface area (Å²) in [4.78, 5) is 2.13. The van der Waals surface area contributed by atoms with Crippen molar-refractivity contribution in [2.24, 2.45) is 0 Å². The van der Waals surface area contributed by atoms with E-state index in [1.807, 2.05) is 52.9 Å². The lowest BCUT2D eigenvalue weighted by atomic mass is 10.2. The Morgan fingerprint density at radius 1 is 1.16 bits per heavy atom. The molecule has 0 radical (unpaired) electrons. The van der Waals surface area contributed by atoms with E-state index in [4.69, 9.17) is 15.2 Å². The smallest absolute Gasteiger partial charge is 0.144 e. The molecule has 0 amide bonds. The van der Waals surface area contributed by atoms with Crippen LogP contribution in [0.2, 0.25) is 0 Å². The summed E-state index contributed by atoms with van der Waals surface area (Å²) < 4.78 is 11.3. The molecule has 4 nitrogen and oxygen atoms in total. The fourth-order valence-corrected chi connectivity index (χ4v) is 1.67. The number of nitrogens with two attached hydrogens (primary N) is 1. The molecule has 2 N–H and O–H groups in total. The fourth-order valence-electron chi connectivity index (χ4n) is 1.67. The summed E-state index contributed by atoms with van der Waals surface area (Å²) in [6.07, 6.45) is 0.381. The Hall–Kier alpha value is -1.42. The van der Waals surface area contributed by atoms with Gasteiger partial charge in [-0.15, -0.1) is 0 Å². The quantitative estimate of drug-likeness (QED) is 0.771. The van der Waals surface area contributed by atoms with Crippen LogP contribution in [0.4, 0.5) is 11.4 Å². The largest absolute Gasteiger partial charge is 0.489 e. The lowest BCUT2D eigenvalue weighted by molar-refractivity contribution is 0.0846. The number of hydrogen-bond donors (Lipinski definition) is 1. The second kappa shape index (κ2) is 7.24. The summed E-state index contributed by atoms with van der Waals surface area (Å²) in [5.41, 5.74) is 7.66.